The van der Waals surface area contributed by atoms with Crippen LogP contribution >= 0.6 is 27.5 Å². The van der Waals surface area contributed by atoms with Crippen molar-refractivity contribution in [3.8, 4) is 0 Å². The largest absolute Gasteiger partial charge is 0.368 e. The maximum absolute atomic E-state index is 12.7. The van der Waals surface area contributed by atoms with Crippen LogP contribution in [0.3, 0.4) is 0 Å². The zero-order chi connectivity index (χ0) is 14.9. The van der Waals surface area contributed by atoms with E-state index >= 15 is 0 Å². The van der Waals surface area contributed by atoms with E-state index in [1.165, 1.54) is 0 Å². The Labute approximate surface area is 133 Å². The SMILES string of the molecule is Cc1c(Cl)cccc1C(=O)N1CC(CBr)OC(C)(C)C1. The molecule has 1 aliphatic rings. The van der Waals surface area contributed by atoms with Crippen LogP contribution in [0.2, 0.25) is 5.02 Å². The molecule has 1 aromatic rings. The highest BCUT2D eigenvalue weighted by molar-refractivity contribution is 9.09. The number of ether oxygens (including phenoxy) is 1. The second kappa shape index (κ2) is 6.04. The van der Waals surface area contributed by atoms with Gasteiger partial charge in [-0.2, -0.15) is 0 Å². The summed E-state index contributed by atoms with van der Waals surface area (Å²) < 4.78 is 5.93. The maximum atomic E-state index is 12.7. The summed E-state index contributed by atoms with van der Waals surface area (Å²) in [4.78, 5) is 14.6. The summed E-state index contributed by atoms with van der Waals surface area (Å²) in [6.07, 6.45) is 0.0159. The third kappa shape index (κ3) is 3.35. The fourth-order valence-electron chi connectivity index (χ4n) is 2.54. The number of carbonyl (C=O) groups excluding carboxylic acids is 1. The normalized spacial score (nSPS) is 21.9. The molecule has 1 unspecified atom stereocenters. The van der Waals surface area contributed by atoms with Crippen LogP contribution < -0.4 is 0 Å². The lowest BCUT2D eigenvalue weighted by Gasteiger charge is -2.42. The molecule has 5 heteroatoms. The number of halogens is 2. The van der Waals surface area contributed by atoms with Crippen LogP contribution in [0.15, 0.2) is 18.2 Å². The smallest absolute Gasteiger partial charge is 0.254 e. The van der Waals surface area contributed by atoms with E-state index < -0.39 is 0 Å². The zero-order valence-electron chi connectivity index (χ0n) is 12.0. The second-order valence-electron chi connectivity index (χ2n) is 5.75. The number of hydrogen-bond acceptors (Lipinski definition) is 2. The maximum Gasteiger partial charge on any atom is 0.254 e. The van der Waals surface area contributed by atoms with E-state index in [2.05, 4.69) is 15.9 Å². The molecule has 1 heterocycles. The molecule has 20 heavy (non-hydrogen) atoms. The van der Waals surface area contributed by atoms with Crippen molar-refractivity contribution in [2.24, 2.45) is 0 Å². The van der Waals surface area contributed by atoms with Gasteiger partial charge in [-0.05, 0) is 38.5 Å². The molecule has 0 spiro atoms. The molecule has 0 aliphatic carbocycles. The van der Waals surface area contributed by atoms with Gasteiger partial charge in [0, 0.05) is 29.0 Å². The van der Waals surface area contributed by atoms with Gasteiger partial charge in [0.2, 0.25) is 0 Å². The Kier molecular flexibility index (Phi) is 4.77. The highest BCUT2D eigenvalue weighted by atomic mass is 79.9. The monoisotopic (exact) mass is 359 g/mol. The van der Waals surface area contributed by atoms with E-state index in [4.69, 9.17) is 16.3 Å². The molecule has 1 aliphatic heterocycles. The molecule has 1 saturated heterocycles. The predicted molar refractivity (Wildman–Crippen MR) is 84.8 cm³/mol. The molecule has 3 nitrogen and oxygen atoms in total. The van der Waals surface area contributed by atoms with Crippen molar-refractivity contribution < 1.29 is 9.53 Å². The number of alkyl halides is 1. The second-order valence-corrected chi connectivity index (χ2v) is 6.81. The average molecular weight is 361 g/mol. The third-order valence-electron chi connectivity index (χ3n) is 3.44. The minimum atomic E-state index is -0.334. The lowest BCUT2D eigenvalue weighted by atomic mass is 10.0. The molecule has 1 atom stereocenters. The van der Waals surface area contributed by atoms with Gasteiger partial charge in [0.05, 0.1) is 11.7 Å². The minimum absolute atomic E-state index is 0.0159. The standard InChI is InChI=1S/C15H19BrClNO2/c1-10-12(5-4-6-13(10)17)14(19)18-8-11(7-16)20-15(2,3)9-18/h4-6,11H,7-9H2,1-3H3. The first-order valence-electron chi connectivity index (χ1n) is 6.62. The number of benzene rings is 1. The first-order valence-corrected chi connectivity index (χ1v) is 8.12. The number of amides is 1. The molecule has 2 rings (SSSR count). The molecule has 1 fully saturated rings. The van der Waals surface area contributed by atoms with E-state index in [0.717, 1.165) is 10.9 Å². The van der Waals surface area contributed by atoms with Gasteiger partial charge in [0.1, 0.15) is 0 Å². The molecule has 1 amide bonds. The van der Waals surface area contributed by atoms with Gasteiger partial charge in [0.25, 0.3) is 5.91 Å². The van der Waals surface area contributed by atoms with Gasteiger partial charge in [-0.3, -0.25) is 4.79 Å². The molecular formula is C15H19BrClNO2. The van der Waals surface area contributed by atoms with Crippen molar-refractivity contribution in [3.05, 3.63) is 34.3 Å². The highest BCUT2D eigenvalue weighted by Crippen LogP contribution is 2.26. The van der Waals surface area contributed by atoms with Gasteiger partial charge in [-0.15, -0.1) is 0 Å². The Morgan fingerprint density at radius 3 is 2.90 bits per heavy atom. The van der Waals surface area contributed by atoms with Crippen LogP contribution in [-0.4, -0.2) is 40.9 Å². The number of morpholine rings is 1. The molecule has 0 bridgehead atoms. The van der Waals surface area contributed by atoms with Gasteiger partial charge >= 0.3 is 0 Å². The summed E-state index contributed by atoms with van der Waals surface area (Å²) in [5.41, 5.74) is 1.17. The van der Waals surface area contributed by atoms with E-state index in [1.807, 2.05) is 37.8 Å². The first kappa shape index (κ1) is 15.8. The Morgan fingerprint density at radius 2 is 2.25 bits per heavy atom. The first-order chi connectivity index (χ1) is 9.34. The van der Waals surface area contributed by atoms with Crippen molar-refractivity contribution in [2.45, 2.75) is 32.5 Å². The average Bonchev–Trinajstić information content (AvgIpc) is 2.39. The van der Waals surface area contributed by atoms with E-state index in [1.54, 1.807) is 6.07 Å². The summed E-state index contributed by atoms with van der Waals surface area (Å²) in [6.45, 7) is 7.07. The van der Waals surface area contributed by atoms with Crippen molar-refractivity contribution >= 4 is 33.4 Å². The molecule has 0 saturated carbocycles. The van der Waals surface area contributed by atoms with E-state index in [-0.39, 0.29) is 17.6 Å². The molecular weight excluding hydrogens is 342 g/mol. The van der Waals surface area contributed by atoms with Crippen LogP contribution in [-0.2, 0) is 4.74 Å². The number of nitrogens with zero attached hydrogens (tertiary/aromatic N) is 1. The summed E-state index contributed by atoms with van der Waals surface area (Å²) in [5.74, 6) is 0.0207. The number of rotatable bonds is 2. The van der Waals surface area contributed by atoms with Crippen LogP contribution in [0.25, 0.3) is 0 Å². The fraction of sp³-hybridized carbons (Fsp3) is 0.533. The Morgan fingerprint density at radius 1 is 1.55 bits per heavy atom. The summed E-state index contributed by atoms with van der Waals surface area (Å²) in [6, 6.07) is 5.45. The highest BCUT2D eigenvalue weighted by Gasteiger charge is 2.35. The Balaban J connectivity index is 2.26. The van der Waals surface area contributed by atoms with Crippen molar-refractivity contribution in [1.82, 2.24) is 4.90 Å². The third-order valence-corrected chi connectivity index (χ3v) is 4.57. The molecule has 0 N–H and O–H groups in total. The van der Waals surface area contributed by atoms with Crippen LogP contribution in [0.4, 0.5) is 0 Å². The minimum Gasteiger partial charge on any atom is -0.368 e. The zero-order valence-corrected chi connectivity index (χ0v) is 14.3. The molecule has 1 aromatic carbocycles. The quantitative estimate of drug-likeness (QED) is 0.753. The Hall–Kier alpha value is -0.580. The summed E-state index contributed by atoms with van der Waals surface area (Å²) in [5, 5.41) is 1.34. The molecule has 110 valence electrons. The lowest BCUT2D eigenvalue weighted by Crippen LogP contribution is -2.55. The van der Waals surface area contributed by atoms with Crippen LogP contribution in [0.1, 0.15) is 29.8 Å². The van der Waals surface area contributed by atoms with Gasteiger partial charge in [-0.1, -0.05) is 33.6 Å². The van der Waals surface area contributed by atoms with Crippen LogP contribution in [0, 0.1) is 6.92 Å². The van der Waals surface area contributed by atoms with Gasteiger partial charge < -0.3 is 9.64 Å². The number of hydrogen-bond donors (Lipinski definition) is 0. The topological polar surface area (TPSA) is 29.5 Å². The predicted octanol–water partition coefficient (Wildman–Crippen LogP) is 3.66. The van der Waals surface area contributed by atoms with Crippen LogP contribution in [0.5, 0.6) is 0 Å². The number of carbonyl (C=O) groups is 1. The van der Waals surface area contributed by atoms with Gasteiger partial charge in [-0.25, -0.2) is 0 Å². The van der Waals surface area contributed by atoms with Crippen molar-refractivity contribution in [3.63, 3.8) is 0 Å². The fourth-order valence-corrected chi connectivity index (χ4v) is 3.05. The van der Waals surface area contributed by atoms with Gasteiger partial charge in [0.15, 0.2) is 0 Å². The lowest BCUT2D eigenvalue weighted by molar-refractivity contribution is -0.116. The summed E-state index contributed by atoms with van der Waals surface area (Å²) >= 11 is 9.54. The van der Waals surface area contributed by atoms with Crippen molar-refractivity contribution in [1.29, 1.82) is 0 Å². The van der Waals surface area contributed by atoms with Crippen molar-refractivity contribution in [2.75, 3.05) is 18.4 Å². The Bertz CT molecular complexity index is 519. The molecule has 0 radical (unpaired) electrons. The van der Waals surface area contributed by atoms with E-state index in [9.17, 15) is 4.79 Å². The molecule has 0 aromatic heterocycles. The van der Waals surface area contributed by atoms with E-state index in [0.29, 0.717) is 23.7 Å². The summed E-state index contributed by atoms with van der Waals surface area (Å²) in [7, 11) is 0.